The Morgan fingerprint density at radius 1 is 1.35 bits per heavy atom. The van der Waals surface area contributed by atoms with Gasteiger partial charge in [-0.05, 0) is 56.2 Å². The Morgan fingerprint density at radius 2 is 2.12 bits per heavy atom. The predicted octanol–water partition coefficient (Wildman–Crippen LogP) is 4.66. The highest BCUT2D eigenvalue weighted by Gasteiger charge is 2.42. The van der Waals surface area contributed by atoms with E-state index < -0.39 is 5.60 Å². The molecule has 0 spiro atoms. The van der Waals surface area contributed by atoms with Crippen LogP contribution < -0.4 is 10.1 Å². The van der Waals surface area contributed by atoms with Crippen molar-refractivity contribution < 1.29 is 14.3 Å². The first-order valence-corrected chi connectivity index (χ1v) is 9.67. The van der Waals surface area contributed by atoms with Crippen LogP contribution in [0.1, 0.15) is 64.9 Å². The Labute approximate surface area is 156 Å². The summed E-state index contributed by atoms with van der Waals surface area (Å²) < 4.78 is 11.6. The molecule has 0 saturated heterocycles. The molecule has 0 aromatic heterocycles. The largest absolute Gasteiger partial charge is 0.494 e. The van der Waals surface area contributed by atoms with E-state index in [4.69, 9.17) is 9.47 Å². The molecule has 1 N–H and O–H groups in total. The number of nitrogens with one attached hydrogen (secondary N) is 1. The van der Waals surface area contributed by atoms with Gasteiger partial charge in [-0.15, -0.1) is 0 Å². The lowest BCUT2D eigenvalue weighted by atomic mass is 9.78. The van der Waals surface area contributed by atoms with Crippen LogP contribution in [0.4, 0.5) is 5.69 Å². The molecule has 0 aliphatic heterocycles. The number of anilines is 1. The standard InChI is InChI=1S/C21H30N2O3/c1-4-11-25-18-8-9-19(17(13-18)15-22)23-20(24)21(26-12-5-2)10-6-7-16(3)14-21/h8-9,13,16H,4-7,10-12,14H2,1-3H3,(H,23,24)/t16-,21-/m0/s1. The molecule has 1 aromatic rings. The smallest absolute Gasteiger partial charge is 0.256 e. The topological polar surface area (TPSA) is 71.3 Å². The Balaban J connectivity index is 2.19. The van der Waals surface area contributed by atoms with Gasteiger partial charge in [0.25, 0.3) is 5.91 Å². The molecule has 142 valence electrons. The summed E-state index contributed by atoms with van der Waals surface area (Å²) >= 11 is 0. The molecule has 0 radical (unpaired) electrons. The van der Waals surface area contributed by atoms with E-state index in [9.17, 15) is 10.1 Å². The first-order chi connectivity index (χ1) is 12.5. The fourth-order valence-corrected chi connectivity index (χ4v) is 3.47. The van der Waals surface area contributed by atoms with Gasteiger partial charge >= 0.3 is 0 Å². The van der Waals surface area contributed by atoms with Crippen LogP contribution in [-0.2, 0) is 9.53 Å². The molecule has 0 unspecified atom stereocenters. The van der Waals surface area contributed by atoms with Gasteiger partial charge in [0.15, 0.2) is 0 Å². The molecule has 1 saturated carbocycles. The minimum Gasteiger partial charge on any atom is -0.494 e. The lowest BCUT2D eigenvalue weighted by Crippen LogP contribution is -2.48. The molecule has 5 nitrogen and oxygen atoms in total. The highest BCUT2D eigenvalue weighted by molar-refractivity contribution is 5.98. The van der Waals surface area contributed by atoms with E-state index in [0.717, 1.165) is 38.5 Å². The molecule has 26 heavy (non-hydrogen) atoms. The molecule has 1 aliphatic rings. The first kappa shape index (κ1) is 20.3. The van der Waals surface area contributed by atoms with Crippen LogP contribution in [0.5, 0.6) is 5.75 Å². The monoisotopic (exact) mass is 358 g/mol. The molecular weight excluding hydrogens is 328 g/mol. The van der Waals surface area contributed by atoms with Crippen LogP contribution in [-0.4, -0.2) is 24.7 Å². The molecular formula is C21H30N2O3. The summed E-state index contributed by atoms with van der Waals surface area (Å²) in [5.74, 6) is 0.951. The summed E-state index contributed by atoms with van der Waals surface area (Å²) in [6.07, 6.45) is 5.32. The Bertz CT molecular complexity index is 653. The molecule has 2 atom stereocenters. The van der Waals surface area contributed by atoms with Gasteiger partial charge in [0.2, 0.25) is 0 Å². The van der Waals surface area contributed by atoms with E-state index in [1.54, 1.807) is 18.2 Å². The van der Waals surface area contributed by atoms with Gasteiger partial charge in [-0.1, -0.05) is 27.2 Å². The third kappa shape index (κ3) is 4.98. The summed E-state index contributed by atoms with van der Waals surface area (Å²) in [7, 11) is 0. The first-order valence-electron chi connectivity index (χ1n) is 9.67. The third-order valence-electron chi connectivity index (χ3n) is 4.78. The zero-order valence-corrected chi connectivity index (χ0v) is 16.1. The van der Waals surface area contributed by atoms with E-state index in [0.29, 0.717) is 36.1 Å². The van der Waals surface area contributed by atoms with Crippen molar-refractivity contribution in [2.45, 2.75) is 64.9 Å². The molecule has 0 bridgehead atoms. The number of benzene rings is 1. The van der Waals surface area contributed by atoms with Gasteiger partial charge in [-0.2, -0.15) is 5.26 Å². The van der Waals surface area contributed by atoms with Crippen LogP contribution in [0.2, 0.25) is 0 Å². The molecule has 0 heterocycles. The van der Waals surface area contributed by atoms with E-state index in [2.05, 4.69) is 18.3 Å². The molecule has 2 rings (SSSR count). The molecule has 1 amide bonds. The minimum atomic E-state index is -0.794. The molecule has 1 aromatic carbocycles. The van der Waals surface area contributed by atoms with Crippen molar-refractivity contribution in [2.75, 3.05) is 18.5 Å². The normalized spacial score (nSPS) is 22.5. The summed E-state index contributed by atoms with van der Waals surface area (Å²) in [6.45, 7) is 7.40. The van der Waals surface area contributed by atoms with Crippen LogP contribution in [0.15, 0.2) is 18.2 Å². The van der Waals surface area contributed by atoms with Crippen molar-refractivity contribution >= 4 is 11.6 Å². The fourth-order valence-electron chi connectivity index (χ4n) is 3.47. The van der Waals surface area contributed by atoms with Crippen molar-refractivity contribution in [1.29, 1.82) is 5.26 Å². The van der Waals surface area contributed by atoms with Crippen LogP contribution >= 0.6 is 0 Å². The maximum absolute atomic E-state index is 13.1. The maximum Gasteiger partial charge on any atom is 0.256 e. The van der Waals surface area contributed by atoms with Crippen LogP contribution in [0.3, 0.4) is 0 Å². The number of hydrogen-bond donors (Lipinski definition) is 1. The van der Waals surface area contributed by atoms with Crippen LogP contribution in [0.25, 0.3) is 0 Å². The van der Waals surface area contributed by atoms with Gasteiger partial charge in [-0.3, -0.25) is 4.79 Å². The summed E-state index contributed by atoms with van der Waals surface area (Å²) in [5.41, 5.74) is 0.123. The quantitative estimate of drug-likeness (QED) is 0.733. The Morgan fingerprint density at radius 3 is 2.77 bits per heavy atom. The highest BCUT2D eigenvalue weighted by atomic mass is 16.5. The summed E-state index contributed by atoms with van der Waals surface area (Å²) in [4.78, 5) is 13.1. The number of rotatable bonds is 8. The second kappa shape index (κ2) is 9.59. The van der Waals surface area contributed by atoms with Gasteiger partial charge < -0.3 is 14.8 Å². The van der Waals surface area contributed by atoms with E-state index in [-0.39, 0.29) is 5.91 Å². The molecule has 1 fully saturated rings. The van der Waals surface area contributed by atoms with Crippen molar-refractivity contribution in [1.82, 2.24) is 0 Å². The predicted molar refractivity (Wildman–Crippen MR) is 102 cm³/mol. The number of ether oxygens (including phenoxy) is 2. The highest BCUT2D eigenvalue weighted by Crippen LogP contribution is 2.37. The number of amides is 1. The van der Waals surface area contributed by atoms with Gasteiger partial charge in [0, 0.05) is 6.61 Å². The molecule has 1 aliphatic carbocycles. The summed E-state index contributed by atoms with van der Waals surface area (Å²) in [6, 6.07) is 7.35. The van der Waals surface area contributed by atoms with E-state index in [1.807, 2.05) is 13.8 Å². The lowest BCUT2D eigenvalue weighted by Gasteiger charge is -2.38. The number of carbonyl (C=O) groups is 1. The zero-order valence-electron chi connectivity index (χ0n) is 16.1. The van der Waals surface area contributed by atoms with Gasteiger partial charge in [-0.25, -0.2) is 0 Å². The lowest BCUT2D eigenvalue weighted by molar-refractivity contribution is -0.148. The third-order valence-corrected chi connectivity index (χ3v) is 4.78. The van der Waals surface area contributed by atoms with Gasteiger partial charge in [0.05, 0.1) is 17.9 Å². The van der Waals surface area contributed by atoms with Crippen molar-refractivity contribution in [2.24, 2.45) is 5.92 Å². The number of hydrogen-bond acceptors (Lipinski definition) is 4. The maximum atomic E-state index is 13.1. The average Bonchev–Trinajstić information content (AvgIpc) is 2.65. The number of carbonyl (C=O) groups excluding carboxylic acids is 1. The van der Waals surface area contributed by atoms with E-state index in [1.165, 1.54) is 0 Å². The number of nitriles is 1. The van der Waals surface area contributed by atoms with Crippen molar-refractivity contribution in [3.63, 3.8) is 0 Å². The van der Waals surface area contributed by atoms with Crippen molar-refractivity contribution in [3.05, 3.63) is 23.8 Å². The Kier molecular flexibility index (Phi) is 7.47. The SMILES string of the molecule is CCCOc1ccc(NC(=O)[C@]2(OCCC)CCC[C@H](C)C2)c(C#N)c1. The second-order valence-electron chi connectivity index (χ2n) is 7.17. The summed E-state index contributed by atoms with van der Waals surface area (Å²) in [5, 5.41) is 12.4. The van der Waals surface area contributed by atoms with Crippen molar-refractivity contribution in [3.8, 4) is 11.8 Å². The van der Waals surface area contributed by atoms with E-state index >= 15 is 0 Å². The van der Waals surface area contributed by atoms with Gasteiger partial charge in [0.1, 0.15) is 17.4 Å². The molecule has 5 heteroatoms. The second-order valence-corrected chi connectivity index (χ2v) is 7.17. The minimum absolute atomic E-state index is 0.142. The Hall–Kier alpha value is -2.06. The zero-order chi connectivity index (χ0) is 19.0. The number of nitrogens with zero attached hydrogens (tertiary/aromatic N) is 1. The average molecular weight is 358 g/mol. The van der Waals surface area contributed by atoms with Crippen LogP contribution in [0, 0.1) is 17.2 Å². The fraction of sp³-hybridized carbons (Fsp3) is 0.619.